The average molecular weight is 321 g/mol. The highest BCUT2D eigenvalue weighted by molar-refractivity contribution is 5.69. The third-order valence-electron chi connectivity index (χ3n) is 4.11. The zero-order valence-electron chi connectivity index (χ0n) is 13.2. The van der Waals surface area contributed by atoms with Crippen LogP contribution in [0.25, 0.3) is 22.8 Å². The van der Waals surface area contributed by atoms with E-state index in [2.05, 4.69) is 25.2 Å². The summed E-state index contributed by atoms with van der Waals surface area (Å²) in [5.74, 6) is 1.84. The van der Waals surface area contributed by atoms with Gasteiger partial charge in [0.05, 0.1) is 18.1 Å². The lowest BCUT2D eigenvalue weighted by Crippen LogP contribution is -2.44. The Morgan fingerprint density at radius 2 is 1.79 bits per heavy atom. The maximum atomic E-state index is 6.03. The van der Waals surface area contributed by atoms with Gasteiger partial charge in [0.25, 0.3) is 0 Å². The number of hydrogen-bond acceptors (Lipinski definition) is 6. The topological polar surface area (TPSA) is 95.8 Å². The molecule has 122 valence electrons. The van der Waals surface area contributed by atoms with E-state index >= 15 is 0 Å². The summed E-state index contributed by atoms with van der Waals surface area (Å²) in [6.07, 6.45) is 3.52. The van der Waals surface area contributed by atoms with Gasteiger partial charge < -0.3 is 20.9 Å². The first-order valence-corrected chi connectivity index (χ1v) is 8.00. The zero-order valence-corrected chi connectivity index (χ0v) is 13.2. The largest absolute Gasteiger partial charge is 0.382 e. The Hall–Kier alpha value is -2.93. The monoisotopic (exact) mass is 321 g/mol. The van der Waals surface area contributed by atoms with Crippen LogP contribution >= 0.6 is 0 Å². The standard InChI is InChI=1S/C17H19N7/c18-16-15(23-14(11-20-16)24-8-6-19-7-9-24)17-21-10-13(22-17)12-4-2-1-3-5-12/h1-5,10-11,19H,6-9H2,(H2,18,20)(H,21,22). The van der Waals surface area contributed by atoms with Gasteiger partial charge in [0.1, 0.15) is 5.82 Å². The molecule has 1 aliphatic rings. The first-order valence-electron chi connectivity index (χ1n) is 8.00. The Bertz CT molecular complexity index is 822. The molecule has 0 radical (unpaired) electrons. The van der Waals surface area contributed by atoms with Crippen molar-refractivity contribution in [3.05, 3.63) is 42.7 Å². The molecule has 1 aliphatic heterocycles. The van der Waals surface area contributed by atoms with Gasteiger partial charge in [0, 0.05) is 26.2 Å². The van der Waals surface area contributed by atoms with E-state index in [9.17, 15) is 0 Å². The van der Waals surface area contributed by atoms with E-state index in [0.717, 1.165) is 43.3 Å². The summed E-state index contributed by atoms with van der Waals surface area (Å²) in [6, 6.07) is 10.0. The average Bonchev–Trinajstić information content (AvgIpc) is 3.13. The van der Waals surface area contributed by atoms with Crippen LogP contribution in [0, 0.1) is 0 Å². The van der Waals surface area contributed by atoms with Gasteiger partial charge in [0.2, 0.25) is 0 Å². The lowest BCUT2D eigenvalue weighted by molar-refractivity contribution is 0.584. The third-order valence-corrected chi connectivity index (χ3v) is 4.11. The predicted octanol–water partition coefficient (Wildman–Crippen LogP) is 1.53. The molecule has 7 heteroatoms. The summed E-state index contributed by atoms with van der Waals surface area (Å²) in [6.45, 7) is 3.71. The zero-order chi connectivity index (χ0) is 16.4. The fourth-order valence-corrected chi connectivity index (χ4v) is 2.82. The summed E-state index contributed by atoms with van der Waals surface area (Å²) in [7, 11) is 0. The molecule has 3 heterocycles. The number of aromatic amines is 1. The molecule has 7 nitrogen and oxygen atoms in total. The van der Waals surface area contributed by atoms with Gasteiger partial charge in [-0.25, -0.2) is 15.0 Å². The quantitative estimate of drug-likeness (QED) is 0.677. The molecule has 1 saturated heterocycles. The van der Waals surface area contributed by atoms with Crippen LogP contribution in [0.4, 0.5) is 11.6 Å². The van der Waals surface area contributed by atoms with E-state index in [0.29, 0.717) is 17.3 Å². The van der Waals surface area contributed by atoms with Gasteiger partial charge >= 0.3 is 0 Å². The number of rotatable bonds is 3. The second-order valence-electron chi connectivity index (χ2n) is 5.71. The van der Waals surface area contributed by atoms with Gasteiger partial charge in [-0.1, -0.05) is 30.3 Å². The fourth-order valence-electron chi connectivity index (χ4n) is 2.82. The smallest absolute Gasteiger partial charge is 0.160 e. The highest BCUT2D eigenvalue weighted by atomic mass is 15.2. The normalized spacial score (nSPS) is 14.8. The Morgan fingerprint density at radius 3 is 2.58 bits per heavy atom. The maximum Gasteiger partial charge on any atom is 0.160 e. The Balaban J connectivity index is 1.67. The van der Waals surface area contributed by atoms with Crippen LogP contribution in [0.2, 0.25) is 0 Å². The number of imidazole rings is 1. The molecule has 4 N–H and O–H groups in total. The van der Waals surface area contributed by atoms with Crippen molar-refractivity contribution in [3.8, 4) is 22.8 Å². The lowest BCUT2D eigenvalue weighted by Gasteiger charge is -2.28. The minimum absolute atomic E-state index is 0.378. The Morgan fingerprint density at radius 1 is 1.00 bits per heavy atom. The van der Waals surface area contributed by atoms with Crippen molar-refractivity contribution in [2.75, 3.05) is 36.8 Å². The lowest BCUT2D eigenvalue weighted by atomic mass is 10.2. The number of nitrogen functional groups attached to an aromatic ring is 1. The number of H-pyrrole nitrogens is 1. The second-order valence-corrected chi connectivity index (χ2v) is 5.71. The van der Waals surface area contributed by atoms with Crippen LogP contribution < -0.4 is 16.0 Å². The maximum absolute atomic E-state index is 6.03. The van der Waals surface area contributed by atoms with E-state index in [1.54, 1.807) is 12.4 Å². The van der Waals surface area contributed by atoms with Crippen LogP contribution in [-0.2, 0) is 0 Å². The van der Waals surface area contributed by atoms with Crippen molar-refractivity contribution in [1.82, 2.24) is 25.3 Å². The molecule has 0 bridgehead atoms. The van der Waals surface area contributed by atoms with Crippen molar-refractivity contribution < 1.29 is 0 Å². The number of hydrogen-bond donors (Lipinski definition) is 3. The predicted molar refractivity (Wildman–Crippen MR) is 94.5 cm³/mol. The molecular formula is C17H19N7. The molecule has 0 spiro atoms. The van der Waals surface area contributed by atoms with Crippen LogP contribution in [0.3, 0.4) is 0 Å². The number of nitrogens with two attached hydrogens (primary N) is 1. The van der Waals surface area contributed by atoms with Gasteiger partial charge in [0.15, 0.2) is 17.3 Å². The summed E-state index contributed by atoms with van der Waals surface area (Å²) >= 11 is 0. The summed E-state index contributed by atoms with van der Waals surface area (Å²) in [4.78, 5) is 18.9. The SMILES string of the molecule is Nc1ncc(N2CCNCC2)nc1-c1ncc(-c2ccccc2)[nH]1. The van der Waals surface area contributed by atoms with Gasteiger partial charge in [-0.3, -0.25) is 0 Å². The molecule has 1 fully saturated rings. The summed E-state index contributed by atoms with van der Waals surface area (Å²) in [5, 5.41) is 3.33. The number of anilines is 2. The van der Waals surface area contributed by atoms with E-state index in [1.807, 2.05) is 30.3 Å². The Labute approximate surface area is 140 Å². The molecule has 0 atom stereocenters. The van der Waals surface area contributed by atoms with Crippen molar-refractivity contribution >= 4 is 11.6 Å². The van der Waals surface area contributed by atoms with Crippen LogP contribution in [0.1, 0.15) is 0 Å². The minimum atomic E-state index is 0.378. The van der Waals surface area contributed by atoms with Crippen molar-refractivity contribution in [1.29, 1.82) is 0 Å². The summed E-state index contributed by atoms with van der Waals surface area (Å²) in [5.41, 5.74) is 8.63. The van der Waals surface area contributed by atoms with Gasteiger partial charge in [-0.2, -0.15) is 0 Å². The van der Waals surface area contributed by atoms with Crippen molar-refractivity contribution in [2.24, 2.45) is 0 Å². The number of nitrogens with zero attached hydrogens (tertiary/aromatic N) is 4. The second kappa shape index (κ2) is 6.29. The molecule has 3 aromatic rings. The molecule has 0 saturated carbocycles. The van der Waals surface area contributed by atoms with E-state index < -0.39 is 0 Å². The molecular weight excluding hydrogens is 302 g/mol. The van der Waals surface area contributed by atoms with Crippen LogP contribution in [0.15, 0.2) is 42.7 Å². The summed E-state index contributed by atoms with van der Waals surface area (Å²) < 4.78 is 0. The van der Waals surface area contributed by atoms with Crippen LogP contribution in [0.5, 0.6) is 0 Å². The molecule has 0 unspecified atom stereocenters. The highest BCUT2D eigenvalue weighted by Crippen LogP contribution is 2.25. The number of benzene rings is 1. The van der Waals surface area contributed by atoms with Gasteiger partial charge in [-0.15, -0.1) is 0 Å². The first-order chi connectivity index (χ1) is 11.8. The molecule has 0 aliphatic carbocycles. The van der Waals surface area contributed by atoms with Crippen LogP contribution in [-0.4, -0.2) is 46.1 Å². The molecule has 4 rings (SSSR count). The number of nitrogens with one attached hydrogen (secondary N) is 2. The molecule has 2 aromatic heterocycles. The van der Waals surface area contributed by atoms with E-state index in [1.165, 1.54) is 0 Å². The fraction of sp³-hybridized carbons (Fsp3) is 0.235. The van der Waals surface area contributed by atoms with Gasteiger partial charge in [-0.05, 0) is 5.56 Å². The van der Waals surface area contributed by atoms with Crippen molar-refractivity contribution in [2.45, 2.75) is 0 Å². The molecule has 0 amide bonds. The Kier molecular flexibility index (Phi) is 3.84. The number of aromatic nitrogens is 4. The third kappa shape index (κ3) is 2.81. The van der Waals surface area contributed by atoms with E-state index in [4.69, 9.17) is 10.7 Å². The van der Waals surface area contributed by atoms with Crippen molar-refractivity contribution in [3.63, 3.8) is 0 Å². The molecule has 24 heavy (non-hydrogen) atoms. The minimum Gasteiger partial charge on any atom is -0.382 e. The van der Waals surface area contributed by atoms with E-state index in [-0.39, 0.29) is 0 Å². The highest BCUT2D eigenvalue weighted by Gasteiger charge is 2.16. The first kappa shape index (κ1) is 14.6. The molecule has 1 aromatic carbocycles. The number of piperazine rings is 1.